The summed E-state index contributed by atoms with van der Waals surface area (Å²) in [4.78, 5) is 17.6. The first-order valence-electron chi connectivity index (χ1n) is 9.68. The maximum Gasteiger partial charge on any atom is 0.257 e. The SMILES string of the molecule is O=C(c1ccccc1OC[C@@H]1CCCO1)N1CC[C@H](N2CCCC2)C1. The number of benzene rings is 1. The van der Waals surface area contributed by atoms with Crippen molar-refractivity contribution in [1.82, 2.24) is 9.80 Å². The molecule has 5 nitrogen and oxygen atoms in total. The van der Waals surface area contributed by atoms with Gasteiger partial charge in [-0.2, -0.15) is 0 Å². The van der Waals surface area contributed by atoms with Crippen LogP contribution in [-0.2, 0) is 4.74 Å². The van der Waals surface area contributed by atoms with E-state index in [0.717, 1.165) is 39.0 Å². The van der Waals surface area contributed by atoms with Gasteiger partial charge in [0.1, 0.15) is 12.4 Å². The molecule has 3 aliphatic heterocycles. The summed E-state index contributed by atoms with van der Waals surface area (Å²) in [6, 6.07) is 8.16. The molecule has 0 aliphatic carbocycles. The number of nitrogens with zero attached hydrogens (tertiary/aromatic N) is 2. The highest BCUT2D eigenvalue weighted by Crippen LogP contribution is 2.26. The Kier molecular flexibility index (Phi) is 5.22. The fourth-order valence-corrected chi connectivity index (χ4v) is 4.23. The molecule has 2 atom stereocenters. The topological polar surface area (TPSA) is 42.0 Å². The maximum atomic E-state index is 13.0. The molecule has 0 saturated carbocycles. The second kappa shape index (κ2) is 7.75. The lowest BCUT2D eigenvalue weighted by molar-refractivity contribution is 0.0655. The van der Waals surface area contributed by atoms with Crippen LogP contribution >= 0.6 is 0 Å². The molecule has 0 bridgehead atoms. The van der Waals surface area contributed by atoms with Gasteiger partial charge in [-0.05, 0) is 57.3 Å². The highest BCUT2D eigenvalue weighted by atomic mass is 16.5. The van der Waals surface area contributed by atoms with E-state index in [4.69, 9.17) is 9.47 Å². The summed E-state index contributed by atoms with van der Waals surface area (Å²) >= 11 is 0. The third-order valence-corrected chi connectivity index (χ3v) is 5.67. The maximum absolute atomic E-state index is 13.0. The van der Waals surface area contributed by atoms with Crippen molar-refractivity contribution in [3.63, 3.8) is 0 Å². The van der Waals surface area contributed by atoms with Gasteiger partial charge in [0.15, 0.2) is 0 Å². The average Bonchev–Trinajstić information content (AvgIpc) is 3.41. The summed E-state index contributed by atoms with van der Waals surface area (Å²) in [5.41, 5.74) is 0.683. The summed E-state index contributed by atoms with van der Waals surface area (Å²) in [5, 5.41) is 0. The van der Waals surface area contributed by atoms with Crippen LogP contribution in [0.3, 0.4) is 0 Å². The Labute approximate surface area is 149 Å². The van der Waals surface area contributed by atoms with E-state index in [1.54, 1.807) is 0 Å². The lowest BCUT2D eigenvalue weighted by Crippen LogP contribution is -2.37. The third-order valence-electron chi connectivity index (χ3n) is 5.67. The van der Waals surface area contributed by atoms with E-state index in [0.29, 0.717) is 24.0 Å². The van der Waals surface area contributed by atoms with Gasteiger partial charge < -0.3 is 14.4 Å². The van der Waals surface area contributed by atoms with Gasteiger partial charge in [0, 0.05) is 25.7 Å². The summed E-state index contributed by atoms with van der Waals surface area (Å²) in [7, 11) is 0. The molecule has 4 rings (SSSR count). The number of hydrogen-bond donors (Lipinski definition) is 0. The first-order valence-corrected chi connectivity index (χ1v) is 9.68. The molecular formula is C20H28N2O3. The molecular weight excluding hydrogens is 316 g/mol. The standard InChI is InChI=1S/C20H28N2O3/c23-20(22-12-9-16(14-22)21-10-3-4-11-21)18-7-1-2-8-19(18)25-15-17-6-5-13-24-17/h1-2,7-8,16-17H,3-6,9-15H2/t16-,17-/m0/s1. The number of hydrogen-bond acceptors (Lipinski definition) is 4. The van der Waals surface area contributed by atoms with Crippen LogP contribution in [-0.4, -0.2) is 67.2 Å². The largest absolute Gasteiger partial charge is 0.490 e. The molecule has 0 spiro atoms. The van der Waals surface area contributed by atoms with Crippen LogP contribution in [0.25, 0.3) is 0 Å². The first-order chi connectivity index (χ1) is 12.3. The smallest absolute Gasteiger partial charge is 0.257 e. The summed E-state index contributed by atoms with van der Waals surface area (Å²) in [5.74, 6) is 0.789. The molecule has 1 aromatic rings. The Morgan fingerprint density at radius 3 is 2.76 bits per heavy atom. The zero-order valence-corrected chi connectivity index (χ0v) is 14.9. The normalized spacial score (nSPS) is 27.1. The van der Waals surface area contributed by atoms with Crippen LogP contribution in [0, 0.1) is 0 Å². The summed E-state index contributed by atoms with van der Waals surface area (Å²) in [6.07, 6.45) is 5.98. The van der Waals surface area contributed by atoms with E-state index in [9.17, 15) is 4.79 Å². The van der Waals surface area contributed by atoms with Gasteiger partial charge >= 0.3 is 0 Å². The van der Waals surface area contributed by atoms with Crippen LogP contribution < -0.4 is 4.74 Å². The van der Waals surface area contributed by atoms with Gasteiger partial charge in [-0.25, -0.2) is 0 Å². The number of carbonyl (C=O) groups excluding carboxylic acids is 1. The number of amides is 1. The van der Waals surface area contributed by atoms with Gasteiger partial charge in [-0.15, -0.1) is 0 Å². The predicted octanol–water partition coefficient (Wildman–Crippen LogP) is 2.55. The highest BCUT2D eigenvalue weighted by Gasteiger charge is 2.32. The van der Waals surface area contributed by atoms with Crippen molar-refractivity contribution in [1.29, 1.82) is 0 Å². The molecule has 3 saturated heterocycles. The number of rotatable bonds is 5. The van der Waals surface area contributed by atoms with E-state index < -0.39 is 0 Å². The highest BCUT2D eigenvalue weighted by molar-refractivity contribution is 5.97. The lowest BCUT2D eigenvalue weighted by atomic mass is 10.1. The number of ether oxygens (including phenoxy) is 2. The van der Waals surface area contributed by atoms with Gasteiger partial charge in [0.05, 0.1) is 11.7 Å². The van der Waals surface area contributed by atoms with Gasteiger partial charge in [0.25, 0.3) is 5.91 Å². The van der Waals surface area contributed by atoms with Gasteiger partial charge in [-0.3, -0.25) is 9.69 Å². The number of carbonyl (C=O) groups is 1. The molecule has 5 heteroatoms. The zero-order chi connectivity index (χ0) is 17.1. The van der Waals surface area contributed by atoms with Crippen molar-refractivity contribution in [3.8, 4) is 5.75 Å². The van der Waals surface area contributed by atoms with Crippen molar-refractivity contribution < 1.29 is 14.3 Å². The zero-order valence-electron chi connectivity index (χ0n) is 14.9. The Hall–Kier alpha value is -1.59. The number of para-hydroxylation sites is 1. The van der Waals surface area contributed by atoms with E-state index in [1.807, 2.05) is 29.2 Å². The number of likely N-dealkylation sites (tertiary alicyclic amines) is 2. The second-order valence-corrected chi connectivity index (χ2v) is 7.38. The van der Waals surface area contributed by atoms with Crippen LogP contribution in [0.5, 0.6) is 5.75 Å². The fraction of sp³-hybridized carbons (Fsp3) is 0.650. The van der Waals surface area contributed by atoms with E-state index >= 15 is 0 Å². The predicted molar refractivity (Wildman–Crippen MR) is 96.0 cm³/mol. The van der Waals surface area contributed by atoms with Gasteiger partial charge in [0.2, 0.25) is 0 Å². The minimum absolute atomic E-state index is 0.102. The molecule has 0 unspecified atom stereocenters. The Morgan fingerprint density at radius 2 is 1.96 bits per heavy atom. The third kappa shape index (κ3) is 3.82. The molecule has 136 valence electrons. The summed E-state index contributed by atoms with van der Waals surface area (Å²) in [6.45, 7) is 5.42. The van der Waals surface area contributed by atoms with Crippen molar-refractivity contribution in [3.05, 3.63) is 29.8 Å². The van der Waals surface area contributed by atoms with E-state index in [-0.39, 0.29) is 12.0 Å². The summed E-state index contributed by atoms with van der Waals surface area (Å²) < 4.78 is 11.6. The molecule has 0 N–H and O–H groups in total. The van der Waals surface area contributed by atoms with Crippen LogP contribution in [0.1, 0.15) is 42.5 Å². The van der Waals surface area contributed by atoms with Crippen LogP contribution in [0.15, 0.2) is 24.3 Å². The first kappa shape index (κ1) is 16.9. The lowest BCUT2D eigenvalue weighted by Gasteiger charge is -2.24. The molecule has 3 heterocycles. The fourth-order valence-electron chi connectivity index (χ4n) is 4.23. The van der Waals surface area contributed by atoms with Crippen molar-refractivity contribution in [2.75, 3.05) is 39.4 Å². The van der Waals surface area contributed by atoms with Gasteiger partial charge in [-0.1, -0.05) is 12.1 Å². The molecule has 0 aromatic heterocycles. The minimum Gasteiger partial charge on any atom is -0.490 e. The van der Waals surface area contributed by atoms with Crippen molar-refractivity contribution in [2.24, 2.45) is 0 Å². The van der Waals surface area contributed by atoms with E-state index in [1.165, 1.54) is 25.9 Å². The van der Waals surface area contributed by atoms with Crippen LogP contribution in [0.2, 0.25) is 0 Å². The molecule has 25 heavy (non-hydrogen) atoms. The monoisotopic (exact) mass is 344 g/mol. The molecule has 3 aliphatic rings. The van der Waals surface area contributed by atoms with Crippen molar-refractivity contribution >= 4 is 5.91 Å². The molecule has 0 radical (unpaired) electrons. The minimum atomic E-state index is 0.102. The Balaban J connectivity index is 1.39. The second-order valence-electron chi connectivity index (χ2n) is 7.38. The van der Waals surface area contributed by atoms with Crippen molar-refractivity contribution in [2.45, 2.75) is 44.2 Å². The van der Waals surface area contributed by atoms with E-state index in [2.05, 4.69) is 4.90 Å². The molecule has 3 fully saturated rings. The Morgan fingerprint density at radius 1 is 1.12 bits per heavy atom. The average molecular weight is 344 g/mol. The Bertz CT molecular complexity index is 594. The quantitative estimate of drug-likeness (QED) is 0.823. The molecule has 1 amide bonds. The van der Waals surface area contributed by atoms with Crippen LogP contribution in [0.4, 0.5) is 0 Å². The molecule has 1 aromatic carbocycles.